The summed E-state index contributed by atoms with van der Waals surface area (Å²) < 4.78 is 35.4. The molecule has 31 heavy (non-hydrogen) atoms. The first kappa shape index (κ1) is 22.3. The Labute approximate surface area is 179 Å². The lowest BCUT2D eigenvalue weighted by Crippen LogP contribution is -2.42. The van der Waals surface area contributed by atoms with E-state index in [2.05, 4.69) is 5.32 Å². The highest BCUT2D eigenvalue weighted by molar-refractivity contribution is 7.92. The number of carbonyl (C=O) groups excluding carboxylic acids is 3. The molecule has 2 amide bonds. The Bertz CT molecular complexity index is 1140. The van der Waals surface area contributed by atoms with Gasteiger partial charge >= 0.3 is 0 Å². The maximum atomic E-state index is 12.6. The molecular weight excluding hydrogens is 424 g/mol. The smallest absolute Gasteiger partial charge is 0.267 e. The van der Waals surface area contributed by atoms with Gasteiger partial charge in [-0.05, 0) is 37.3 Å². The van der Waals surface area contributed by atoms with Crippen LogP contribution >= 0.6 is 0 Å². The number of sulfone groups is 1. The molecule has 2 aromatic rings. The number of nitrogens with one attached hydrogen (secondary N) is 1. The Kier molecular flexibility index (Phi) is 6.30. The number of Topliss-reactive ketones (excluding diaryl/α,β-unsaturated/α-hetero) is 1. The molecule has 0 saturated carbocycles. The summed E-state index contributed by atoms with van der Waals surface area (Å²) >= 11 is 0. The minimum absolute atomic E-state index is 0.102. The van der Waals surface area contributed by atoms with Crippen molar-refractivity contribution in [3.63, 3.8) is 0 Å². The molecule has 1 N–H and O–H groups in total. The molecular formula is C21H22N2O7S. The number of likely N-dealkylation sites (N-methyl/N-ethyl adjacent to an activating group) is 1. The fraction of sp³-hybridized carbons (Fsp3) is 0.286. The first-order chi connectivity index (χ1) is 14.6. The van der Waals surface area contributed by atoms with Gasteiger partial charge in [-0.1, -0.05) is 12.1 Å². The molecule has 9 nitrogen and oxygen atoms in total. The molecule has 164 valence electrons. The highest BCUT2D eigenvalue weighted by Crippen LogP contribution is 2.34. The number of ketones is 1. The number of carbonyl (C=O) groups is 3. The van der Waals surface area contributed by atoms with Gasteiger partial charge in [0, 0.05) is 12.6 Å². The number of fused-ring (bicyclic) bond motifs is 1. The number of amides is 2. The number of ether oxygens (including phenoxy) is 2. The van der Waals surface area contributed by atoms with Gasteiger partial charge in [0.15, 0.2) is 21.7 Å². The van der Waals surface area contributed by atoms with Crippen LogP contribution in [0.5, 0.6) is 11.5 Å². The van der Waals surface area contributed by atoms with Gasteiger partial charge in [0.05, 0.1) is 18.5 Å². The fourth-order valence-electron chi connectivity index (χ4n) is 3.15. The minimum Gasteiger partial charge on any atom is -0.495 e. The van der Waals surface area contributed by atoms with E-state index in [4.69, 9.17) is 9.47 Å². The zero-order valence-electron chi connectivity index (χ0n) is 17.2. The monoisotopic (exact) mass is 446 g/mol. The number of rotatable bonds is 7. The third kappa shape index (κ3) is 5.02. The van der Waals surface area contributed by atoms with Crippen molar-refractivity contribution in [1.29, 1.82) is 0 Å². The molecule has 0 aromatic heterocycles. The maximum absolute atomic E-state index is 12.6. The van der Waals surface area contributed by atoms with Gasteiger partial charge in [-0.3, -0.25) is 14.4 Å². The van der Waals surface area contributed by atoms with Crippen LogP contribution in [0, 0.1) is 0 Å². The van der Waals surface area contributed by atoms with Crippen LogP contribution in [0.4, 0.5) is 11.4 Å². The van der Waals surface area contributed by atoms with Crippen LogP contribution < -0.4 is 19.7 Å². The van der Waals surface area contributed by atoms with Crippen LogP contribution in [0.1, 0.15) is 17.3 Å². The van der Waals surface area contributed by atoms with E-state index >= 15 is 0 Å². The second-order valence-electron chi connectivity index (χ2n) is 7.04. The SMILES string of the molecule is COc1ccccc1NC(=O)CS(=O)(=O)CC(=O)c1ccc2c(c1)N(C)C(=O)[C@H](C)O2. The number of hydrogen-bond donors (Lipinski definition) is 1. The van der Waals surface area contributed by atoms with Crippen molar-refractivity contribution in [2.24, 2.45) is 0 Å². The molecule has 0 radical (unpaired) electrons. The van der Waals surface area contributed by atoms with E-state index in [1.807, 2.05) is 0 Å². The number of nitrogens with zero attached hydrogens (tertiary/aromatic N) is 1. The average molecular weight is 446 g/mol. The van der Waals surface area contributed by atoms with E-state index in [9.17, 15) is 22.8 Å². The Morgan fingerprint density at radius 3 is 2.58 bits per heavy atom. The molecule has 3 rings (SSSR count). The molecule has 1 aliphatic rings. The summed E-state index contributed by atoms with van der Waals surface area (Å²) in [5.41, 5.74) is 0.804. The molecule has 0 unspecified atom stereocenters. The van der Waals surface area contributed by atoms with Gasteiger partial charge in [0.25, 0.3) is 5.91 Å². The van der Waals surface area contributed by atoms with Crippen molar-refractivity contribution in [2.75, 3.05) is 35.9 Å². The van der Waals surface area contributed by atoms with Crippen LogP contribution in [0.2, 0.25) is 0 Å². The Balaban J connectivity index is 1.70. The van der Waals surface area contributed by atoms with Crippen LogP contribution in [0.15, 0.2) is 42.5 Å². The standard InChI is InChI=1S/C21H22N2O7S/c1-13-21(26)23(2)16-10-14(8-9-19(16)30-13)17(24)11-31(27,28)12-20(25)22-15-6-4-5-7-18(15)29-3/h4-10,13H,11-12H2,1-3H3,(H,22,25)/t13-/m0/s1. The van der Waals surface area contributed by atoms with E-state index in [-0.39, 0.29) is 11.5 Å². The number of benzene rings is 2. The Morgan fingerprint density at radius 1 is 1.16 bits per heavy atom. The topological polar surface area (TPSA) is 119 Å². The number of para-hydroxylation sites is 2. The lowest BCUT2D eigenvalue weighted by Gasteiger charge is -2.30. The van der Waals surface area contributed by atoms with Crippen molar-refractivity contribution in [2.45, 2.75) is 13.0 Å². The third-order valence-electron chi connectivity index (χ3n) is 4.71. The highest BCUT2D eigenvalue weighted by atomic mass is 32.2. The Morgan fingerprint density at radius 2 is 1.87 bits per heavy atom. The van der Waals surface area contributed by atoms with Crippen molar-refractivity contribution in [1.82, 2.24) is 0 Å². The largest absolute Gasteiger partial charge is 0.495 e. The van der Waals surface area contributed by atoms with Gasteiger partial charge in [0.1, 0.15) is 23.0 Å². The lowest BCUT2D eigenvalue weighted by molar-refractivity contribution is -0.125. The summed E-state index contributed by atoms with van der Waals surface area (Å²) in [7, 11) is -1.06. The predicted octanol–water partition coefficient (Wildman–Crippen LogP) is 1.68. The third-order valence-corrected chi connectivity index (χ3v) is 6.11. The second-order valence-corrected chi connectivity index (χ2v) is 9.11. The van der Waals surface area contributed by atoms with Crippen molar-refractivity contribution < 1.29 is 32.3 Å². The fourth-order valence-corrected chi connectivity index (χ4v) is 4.29. The molecule has 1 atom stereocenters. The first-order valence-corrected chi connectivity index (χ1v) is 11.2. The van der Waals surface area contributed by atoms with Gasteiger partial charge in [-0.2, -0.15) is 0 Å². The summed E-state index contributed by atoms with van der Waals surface area (Å²) in [4.78, 5) is 38.2. The highest BCUT2D eigenvalue weighted by Gasteiger charge is 2.30. The molecule has 0 fully saturated rings. The van der Waals surface area contributed by atoms with Crippen LogP contribution in [-0.4, -0.2) is 57.8 Å². The predicted molar refractivity (Wildman–Crippen MR) is 115 cm³/mol. The van der Waals surface area contributed by atoms with Crippen molar-refractivity contribution >= 4 is 38.8 Å². The van der Waals surface area contributed by atoms with E-state index in [1.165, 1.54) is 30.2 Å². The maximum Gasteiger partial charge on any atom is 0.267 e. The molecule has 0 saturated heterocycles. The zero-order valence-corrected chi connectivity index (χ0v) is 18.1. The molecule has 0 spiro atoms. The van der Waals surface area contributed by atoms with Gasteiger partial charge in [0.2, 0.25) is 5.91 Å². The minimum atomic E-state index is -4.04. The van der Waals surface area contributed by atoms with Crippen LogP contribution in [0.3, 0.4) is 0 Å². The molecule has 0 aliphatic carbocycles. The van der Waals surface area contributed by atoms with Crippen LogP contribution in [-0.2, 0) is 19.4 Å². The summed E-state index contributed by atoms with van der Waals surface area (Å²) in [6.45, 7) is 1.61. The molecule has 2 aromatic carbocycles. The number of methoxy groups -OCH3 is 1. The summed E-state index contributed by atoms with van der Waals surface area (Å²) in [6, 6.07) is 10.9. The summed E-state index contributed by atoms with van der Waals surface area (Å²) in [6.07, 6.45) is -0.652. The average Bonchev–Trinajstić information content (AvgIpc) is 2.71. The normalized spacial score (nSPS) is 15.6. The van der Waals surface area contributed by atoms with E-state index in [0.717, 1.165) is 0 Å². The summed E-state index contributed by atoms with van der Waals surface area (Å²) in [5, 5.41) is 2.47. The second kappa shape index (κ2) is 8.76. The van der Waals surface area contributed by atoms with E-state index < -0.39 is 39.1 Å². The van der Waals surface area contributed by atoms with Crippen molar-refractivity contribution in [3.8, 4) is 11.5 Å². The number of hydrogen-bond acceptors (Lipinski definition) is 7. The lowest BCUT2D eigenvalue weighted by atomic mass is 10.1. The van der Waals surface area contributed by atoms with Gasteiger partial charge < -0.3 is 19.7 Å². The number of anilines is 2. The van der Waals surface area contributed by atoms with E-state index in [0.29, 0.717) is 22.9 Å². The van der Waals surface area contributed by atoms with Gasteiger partial charge in [-0.25, -0.2) is 8.42 Å². The van der Waals surface area contributed by atoms with E-state index in [1.54, 1.807) is 38.2 Å². The first-order valence-electron chi connectivity index (χ1n) is 9.36. The summed E-state index contributed by atoms with van der Waals surface area (Å²) in [5.74, 6) is -2.65. The molecule has 1 heterocycles. The van der Waals surface area contributed by atoms with Crippen LogP contribution in [0.25, 0.3) is 0 Å². The molecule has 1 aliphatic heterocycles. The Hall–Kier alpha value is -3.40. The van der Waals surface area contributed by atoms with Crippen molar-refractivity contribution in [3.05, 3.63) is 48.0 Å². The molecule has 10 heteroatoms. The quantitative estimate of drug-likeness (QED) is 0.643. The zero-order chi connectivity index (χ0) is 22.8. The van der Waals surface area contributed by atoms with Gasteiger partial charge in [-0.15, -0.1) is 0 Å². The molecule has 0 bridgehead atoms.